The van der Waals surface area contributed by atoms with Gasteiger partial charge in [0.1, 0.15) is 18.2 Å². The minimum atomic E-state index is -0.718. The Kier molecular flexibility index (Phi) is 6.58. The first-order chi connectivity index (χ1) is 18.9. The molecule has 3 aliphatic heterocycles. The van der Waals surface area contributed by atoms with Crippen LogP contribution in [0.2, 0.25) is 0 Å². The average molecular weight is 549 g/mol. The molecule has 3 fully saturated rings. The van der Waals surface area contributed by atoms with Gasteiger partial charge in [-0.25, -0.2) is 4.68 Å². The molecule has 3 N–H and O–H groups in total. The molecule has 0 radical (unpaired) electrons. The Morgan fingerprint density at radius 2 is 1.85 bits per heavy atom. The predicted molar refractivity (Wildman–Crippen MR) is 148 cm³/mol. The molecule has 10 nitrogen and oxygen atoms in total. The number of hydrogen-bond donors (Lipinski definition) is 3. The van der Waals surface area contributed by atoms with Crippen molar-refractivity contribution in [3.8, 4) is 0 Å². The molecule has 3 aliphatic rings. The first kappa shape index (κ1) is 25.8. The number of hydrogen-bond acceptors (Lipinski definition) is 7. The molecule has 0 aliphatic carbocycles. The third-order valence-electron chi connectivity index (χ3n) is 8.48. The maximum atomic E-state index is 14.1. The predicted octanol–water partition coefficient (Wildman–Crippen LogP) is 2.40. The number of amides is 3. The average Bonchev–Trinajstić information content (AvgIpc) is 3.64. The van der Waals surface area contributed by atoms with Gasteiger partial charge in [-0.05, 0) is 56.9 Å². The highest BCUT2D eigenvalue weighted by molar-refractivity contribution is 8.02. The molecule has 3 aromatic rings. The molecule has 1 aromatic heterocycles. The summed E-state index contributed by atoms with van der Waals surface area (Å²) in [6, 6.07) is 16.1. The van der Waals surface area contributed by atoms with E-state index in [1.807, 2.05) is 54.6 Å². The van der Waals surface area contributed by atoms with Gasteiger partial charge in [-0.3, -0.25) is 14.4 Å². The van der Waals surface area contributed by atoms with Crippen LogP contribution >= 0.6 is 11.8 Å². The van der Waals surface area contributed by atoms with E-state index in [4.69, 9.17) is 0 Å². The molecule has 2 bridgehead atoms. The van der Waals surface area contributed by atoms with Gasteiger partial charge in [0.15, 0.2) is 0 Å². The minimum Gasteiger partial charge on any atom is -0.396 e. The Morgan fingerprint density at radius 3 is 2.64 bits per heavy atom. The van der Waals surface area contributed by atoms with Gasteiger partial charge in [-0.15, -0.1) is 16.9 Å². The lowest BCUT2D eigenvalue weighted by atomic mass is 9.66. The van der Waals surface area contributed by atoms with E-state index < -0.39 is 27.4 Å². The Balaban J connectivity index is 1.29. The van der Waals surface area contributed by atoms with Gasteiger partial charge < -0.3 is 20.6 Å². The molecule has 5 atom stereocenters. The van der Waals surface area contributed by atoms with Gasteiger partial charge in [0.2, 0.25) is 17.7 Å². The van der Waals surface area contributed by atoms with Crippen molar-refractivity contribution in [2.24, 2.45) is 11.8 Å². The highest BCUT2D eigenvalue weighted by Gasteiger charge is 2.77. The molecule has 3 saturated heterocycles. The quantitative estimate of drug-likeness (QED) is 0.350. The van der Waals surface area contributed by atoms with Crippen LogP contribution in [0.5, 0.6) is 0 Å². The number of thioether (sulfide) groups is 1. The van der Waals surface area contributed by atoms with Crippen LogP contribution in [-0.4, -0.2) is 71.4 Å². The molecule has 11 heteroatoms. The Morgan fingerprint density at radius 1 is 1.08 bits per heavy atom. The van der Waals surface area contributed by atoms with Crippen LogP contribution in [0.3, 0.4) is 0 Å². The Hall–Kier alpha value is -3.44. The van der Waals surface area contributed by atoms with Gasteiger partial charge in [-0.1, -0.05) is 35.5 Å². The van der Waals surface area contributed by atoms with Gasteiger partial charge in [0.25, 0.3) is 0 Å². The molecular weight excluding hydrogens is 516 g/mol. The fourth-order valence-corrected chi connectivity index (χ4v) is 9.14. The van der Waals surface area contributed by atoms with E-state index in [0.717, 1.165) is 17.5 Å². The second kappa shape index (κ2) is 9.95. The van der Waals surface area contributed by atoms with E-state index in [9.17, 15) is 19.5 Å². The summed E-state index contributed by atoms with van der Waals surface area (Å²) in [4.78, 5) is 43.4. The van der Waals surface area contributed by atoms with E-state index in [1.165, 1.54) is 0 Å². The zero-order valence-corrected chi connectivity index (χ0v) is 22.6. The van der Waals surface area contributed by atoms with Crippen molar-refractivity contribution in [2.45, 2.75) is 54.8 Å². The highest BCUT2D eigenvalue weighted by Crippen LogP contribution is 2.71. The summed E-state index contributed by atoms with van der Waals surface area (Å²) in [5, 5.41) is 23.7. The Bertz CT molecular complexity index is 1420. The van der Waals surface area contributed by atoms with Crippen LogP contribution in [0.15, 0.2) is 54.6 Å². The van der Waals surface area contributed by atoms with Crippen molar-refractivity contribution in [1.29, 1.82) is 0 Å². The van der Waals surface area contributed by atoms with E-state index >= 15 is 0 Å². The summed E-state index contributed by atoms with van der Waals surface area (Å²) < 4.78 is 0.487. The molecule has 39 heavy (non-hydrogen) atoms. The standard InChI is InChI=1S/C28H32N6O4S/c1-27-13-14-28(39-27)22(21(27)24(36)30-18-9-3-2-4-10-18)26(38)33(15-7-8-16-35)23(28)25(37)29-17-34-20-12-6-5-11-19(20)31-32-34/h2-6,9-12,21-23,35H,7-8,13-17H2,1H3,(H,29,37)(H,30,36)/t21-,22+,23?,27+,28?/m1/s1. The smallest absolute Gasteiger partial charge is 0.245 e. The zero-order valence-electron chi connectivity index (χ0n) is 21.7. The number of carbonyl (C=O) groups excluding carboxylic acids is 3. The van der Waals surface area contributed by atoms with Crippen LogP contribution in [-0.2, 0) is 21.1 Å². The van der Waals surface area contributed by atoms with E-state index in [2.05, 4.69) is 27.9 Å². The number of rotatable bonds is 9. The maximum absolute atomic E-state index is 14.1. The summed E-state index contributed by atoms with van der Waals surface area (Å²) in [6.45, 7) is 2.54. The minimum absolute atomic E-state index is 0.0156. The van der Waals surface area contributed by atoms with Crippen molar-refractivity contribution in [2.75, 3.05) is 18.5 Å². The van der Waals surface area contributed by atoms with Crippen molar-refractivity contribution < 1.29 is 19.5 Å². The van der Waals surface area contributed by atoms with Crippen LogP contribution in [0.1, 0.15) is 32.6 Å². The first-order valence-corrected chi connectivity index (χ1v) is 14.2. The molecule has 204 valence electrons. The van der Waals surface area contributed by atoms with Gasteiger partial charge in [0.05, 0.1) is 22.1 Å². The first-order valence-electron chi connectivity index (χ1n) is 13.4. The lowest BCUT2D eigenvalue weighted by Gasteiger charge is -2.34. The molecule has 2 aromatic carbocycles. The summed E-state index contributed by atoms with van der Waals surface area (Å²) in [5.41, 5.74) is 2.22. The van der Waals surface area contributed by atoms with Crippen molar-refractivity contribution >= 4 is 46.2 Å². The maximum Gasteiger partial charge on any atom is 0.245 e. The molecule has 3 amide bonds. The number of likely N-dealkylation sites (tertiary alicyclic amines) is 1. The summed E-state index contributed by atoms with van der Waals surface area (Å²) in [5.74, 6) is -1.73. The third kappa shape index (κ3) is 4.19. The second-order valence-electron chi connectivity index (χ2n) is 10.8. The molecule has 4 heterocycles. The number of para-hydroxylation sites is 2. The Labute approximate surface area is 230 Å². The normalized spacial score (nSPS) is 29.1. The number of carbonyl (C=O) groups is 3. The van der Waals surface area contributed by atoms with E-state index in [1.54, 1.807) is 21.3 Å². The monoisotopic (exact) mass is 548 g/mol. The summed E-state index contributed by atoms with van der Waals surface area (Å²) in [7, 11) is 0. The number of nitrogens with zero attached hydrogens (tertiary/aromatic N) is 4. The molecule has 0 saturated carbocycles. The van der Waals surface area contributed by atoms with E-state index in [-0.39, 0.29) is 31.0 Å². The third-order valence-corrected chi connectivity index (χ3v) is 10.5. The number of aliphatic hydroxyl groups is 1. The van der Waals surface area contributed by atoms with Crippen molar-refractivity contribution in [3.63, 3.8) is 0 Å². The van der Waals surface area contributed by atoms with Gasteiger partial charge >= 0.3 is 0 Å². The lowest BCUT2D eigenvalue weighted by molar-refractivity contribution is -0.139. The highest BCUT2D eigenvalue weighted by atomic mass is 32.2. The van der Waals surface area contributed by atoms with Gasteiger partial charge in [-0.2, -0.15) is 0 Å². The fourth-order valence-electron chi connectivity index (χ4n) is 6.79. The number of anilines is 1. The van der Waals surface area contributed by atoms with Crippen LogP contribution in [0, 0.1) is 11.8 Å². The lowest BCUT2D eigenvalue weighted by Crippen LogP contribution is -2.54. The molecular formula is C28H32N6O4S. The fraction of sp³-hybridized carbons (Fsp3) is 0.464. The largest absolute Gasteiger partial charge is 0.396 e. The number of nitrogens with one attached hydrogen (secondary N) is 2. The number of unbranched alkanes of at least 4 members (excludes halogenated alkanes) is 1. The van der Waals surface area contributed by atoms with E-state index in [0.29, 0.717) is 31.5 Å². The zero-order chi connectivity index (χ0) is 27.2. The molecule has 6 rings (SSSR count). The van der Waals surface area contributed by atoms with Gasteiger partial charge in [0, 0.05) is 23.6 Å². The summed E-state index contributed by atoms with van der Waals surface area (Å²) in [6.07, 6.45) is 2.53. The van der Waals surface area contributed by atoms with Crippen molar-refractivity contribution in [3.05, 3.63) is 54.6 Å². The SMILES string of the molecule is C[C@@]12CCC3(S1)C(C(=O)NCn1nnc4ccccc41)N(CCCCO)C(=O)[C@@H]3[C@@H]2C(=O)Nc1ccccc1. The molecule has 1 spiro atoms. The number of aromatic nitrogens is 3. The van der Waals surface area contributed by atoms with Crippen LogP contribution in [0.4, 0.5) is 5.69 Å². The van der Waals surface area contributed by atoms with Crippen LogP contribution in [0.25, 0.3) is 11.0 Å². The topological polar surface area (TPSA) is 129 Å². The number of benzene rings is 2. The number of aliphatic hydroxyl groups excluding tert-OH is 1. The van der Waals surface area contributed by atoms with Crippen LogP contribution < -0.4 is 10.6 Å². The van der Waals surface area contributed by atoms with Crippen molar-refractivity contribution in [1.82, 2.24) is 25.2 Å². The second-order valence-corrected chi connectivity index (χ2v) is 12.7. The number of fused-ring (bicyclic) bond motifs is 2. The molecule has 2 unspecified atom stereocenters. The summed E-state index contributed by atoms with van der Waals surface area (Å²) >= 11 is 1.64.